The molecular weight excluding hydrogens is 260 g/mol. The Kier molecular flexibility index (Phi) is 4.49. The number of nitrogens with zero attached hydrogens (tertiary/aromatic N) is 2. The van der Waals surface area contributed by atoms with Crippen LogP contribution in [0.5, 0.6) is 0 Å². The lowest BCUT2D eigenvalue weighted by Gasteiger charge is -2.33. The Hall–Kier alpha value is -1.76. The van der Waals surface area contributed by atoms with Gasteiger partial charge in [-0.25, -0.2) is 4.79 Å². The van der Waals surface area contributed by atoms with Crippen molar-refractivity contribution in [2.24, 2.45) is 5.92 Å². The van der Waals surface area contributed by atoms with Gasteiger partial charge in [0, 0.05) is 26.2 Å². The van der Waals surface area contributed by atoms with Crippen LogP contribution in [0, 0.1) is 5.92 Å². The van der Waals surface area contributed by atoms with Gasteiger partial charge in [0.05, 0.1) is 0 Å². The van der Waals surface area contributed by atoms with Gasteiger partial charge in [0.25, 0.3) is 5.56 Å². The van der Waals surface area contributed by atoms with Crippen molar-refractivity contribution in [1.82, 2.24) is 9.55 Å². The average molecular weight is 282 g/mol. The van der Waals surface area contributed by atoms with Crippen molar-refractivity contribution < 1.29 is 5.11 Å². The molecule has 20 heavy (non-hydrogen) atoms. The van der Waals surface area contributed by atoms with Gasteiger partial charge in [-0.3, -0.25) is 14.3 Å². The molecular formula is C13H22N4O3. The van der Waals surface area contributed by atoms with E-state index in [2.05, 4.69) is 4.98 Å². The van der Waals surface area contributed by atoms with E-state index in [4.69, 9.17) is 10.8 Å². The van der Waals surface area contributed by atoms with E-state index >= 15 is 0 Å². The Morgan fingerprint density at radius 2 is 2.00 bits per heavy atom. The molecule has 0 saturated carbocycles. The van der Waals surface area contributed by atoms with Gasteiger partial charge in [-0.05, 0) is 25.2 Å². The first-order valence-corrected chi connectivity index (χ1v) is 7.06. The van der Waals surface area contributed by atoms with Crippen LogP contribution in [0.15, 0.2) is 9.59 Å². The maximum absolute atomic E-state index is 12.0. The fraction of sp³-hybridized carbons (Fsp3) is 0.692. The fourth-order valence-corrected chi connectivity index (χ4v) is 2.67. The predicted molar refractivity (Wildman–Crippen MR) is 78.0 cm³/mol. The van der Waals surface area contributed by atoms with Gasteiger partial charge in [0.2, 0.25) is 0 Å². The first-order chi connectivity index (χ1) is 9.58. The third-order valence-electron chi connectivity index (χ3n) is 3.85. The number of piperidine rings is 1. The molecule has 1 aliphatic heterocycles. The third-order valence-corrected chi connectivity index (χ3v) is 3.85. The molecule has 1 saturated heterocycles. The molecule has 0 spiro atoms. The number of rotatable bonds is 4. The monoisotopic (exact) mass is 282 g/mol. The molecule has 0 aliphatic carbocycles. The summed E-state index contributed by atoms with van der Waals surface area (Å²) in [4.78, 5) is 28.0. The van der Waals surface area contributed by atoms with Crippen LogP contribution in [0.2, 0.25) is 0 Å². The predicted octanol–water partition coefficient (Wildman–Crippen LogP) is -0.262. The van der Waals surface area contributed by atoms with Gasteiger partial charge in [0.15, 0.2) is 0 Å². The normalized spacial score (nSPS) is 16.6. The van der Waals surface area contributed by atoms with Gasteiger partial charge >= 0.3 is 5.69 Å². The summed E-state index contributed by atoms with van der Waals surface area (Å²) < 4.78 is 1.41. The lowest BCUT2D eigenvalue weighted by molar-refractivity contribution is 0.203. The molecule has 1 aliphatic rings. The number of nitrogens with one attached hydrogen (secondary N) is 1. The summed E-state index contributed by atoms with van der Waals surface area (Å²) in [5.74, 6) is 0.524. The Bertz CT molecular complexity index is 570. The number of anilines is 2. The second-order valence-corrected chi connectivity index (χ2v) is 5.26. The second kappa shape index (κ2) is 6.13. The van der Waals surface area contributed by atoms with Crippen LogP contribution in [0.25, 0.3) is 0 Å². The molecule has 1 aromatic heterocycles. The van der Waals surface area contributed by atoms with E-state index in [1.165, 1.54) is 4.57 Å². The fourth-order valence-electron chi connectivity index (χ4n) is 2.67. The SMILES string of the molecule is CCCn1c(N)c(N2CCC(CO)CC2)c(=O)[nH]c1=O. The molecule has 1 fully saturated rings. The number of hydrogen-bond donors (Lipinski definition) is 3. The molecule has 2 rings (SSSR count). The Morgan fingerprint density at radius 1 is 1.35 bits per heavy atom. The molecule has 1 aromatic rings. The highest BCUT2D eigenvalue weighted by Crippen LogP contribution is 2.23. The van der Waals surface area contributed by atoms with Crippen molar-refractivity contribution in [1.29, 1.82) is 0 Å². The van der Waals surface area contributed by atoms with E-state index in [9.17, 15) is 9.59 Å². The van der Waals surface area contributed by atoms with E-state index in [1.807, 2.05) is 11.8 Å². The first kappa shape index (κ1) is 14.6. The summed E-state index contributed by atoms with van der Waals surface area (Å²) in [6.07, 6.45) is 2.41. The van der Waals surface area contributed by atoms with Gasteiger partial charge in [-0.15, -0.1) is 0 Å². The number of aliphatic hydroxyl groups excluding tert-OH is 1. The molecule has 112 valence electrons. The minimum Gasteiger partial charge on any atom is -0.396 e. The molecule has 7 nitrogen and oxygen atoms in total. The summed E-state index contributed by atoms with van der Waals surface area (Å²) >= 11 is 0. The average Bonchev–Trinajstić information content (AvgIpc) is 2.44. The van der Waals surface area contributed by atoms with E-state index < -0.39 is 11.2 Å². The van der Waals surface area contributed by atoms with Crippen LogP contribution in [0.4, 0.5) is 11.5 Å². The Labute approximate surface area is 117 Å². The Morgan fingerprint density at radius 3 is 2.55 bits per heavy atom. The number of hydrogen-bond acceptors (Lipinski definition) is 5. The summed E-state index contributed by atoms with van der Waals surface area (Å²) in [5.41, 5.74) is 5.52. The van der Waals surface area contributed by atoms with E-state index in [0.717, 1.165) is 19.3 Å². The van der Waals surface area contributed by atoms with Gasteiger partial charge in [-0.2, -0.15) is 0 Å². The highest BCUT2D eigenvalue weighted by Gasteiger charge is 2.23. The Balaban J connectivity index is 2.35. The molecule has 0 bridgehead atoms. The van der Waals surface area contributed by atoms with Crippen molar-refractivity contribution in [3.63, 3.8) is 0 Å². The first-order valence-electron chi connectivity index (χ1n) is 7.06. The molecule has 2 heterocycles. The minimum atomic E-state index is -0.455. The van der Waals surface area contributed by atoms with Gasteiger partial charge < -0.3 is 15.7 Å². The van der Waals surface area contributed by atoms with Crippen molar-refractivity contribution in [3.05, 3.63) is 20.8 Å². The van der Waals surface area contributed by atoms with Crippen molar-refractivity contribution >= 4 is 11.5 Å². The minimum absolute atomic E-state index is 0.176. The van der Waals surface area contributed by atoms with Crippen LogP contribution >= 0.6 is 0 Å². The molecule has 0 radical (unpaired) electrons. The standard InChI is InChI=1S/C13H22N4O3/c1-2-5-17-11(14)10(12(19)15-13(17)20)16-6-3-9(8-18)4-7-16/h9,18H,2-8,14H2,1H3,(H,15,19,20). The van der Waals surface area contributed by atoms with Crippen LogP contribution in [-0.4, -0.2) is 34.4 Å². The van der Waals surface area contributed by atoms with Gasteiger partial charge in [0.1, 0.15) is 11.5 Å². The number of aliphatic hydroxyl groups is 1. The molecule has 4 N–H and O–H groups in total. The number of aromatic nitrogens is 2. The lowest BCUT2D eigenvalue weighted by Crippen LogP contribution is -2.42. The summed E-state index contributed by atoms with van der Waals surface area (Å²) in [6.45, 7) is 3.95. The van der Waals surface area contributed by atoms with Gasteiger partial charge in [-0.1, -0.05) is 6.92 Å². The van der Waals surface area contributed by atoms with E-state index in [0.29, 0.717) is 25.3 Å². The van der Waals surface area contributed by atoms with Crippen LogP contribution < -0.4 is 21.9 Å². The maximum atomic E-state index is 12.0. The zero-order valence-electron chi connectivity index (χ0n) is 11.8. The third kappa shape index (κ3) is 2.72. The largest absolute Gasteiger partial charge is 0.396 e. The second-order valence-electron chi connectivity index (χ2n) is 5.26. The zero-order valence-corrected chi connectivity index (χ0v) is 11.8. The number of nitrogen functional groups attached to an aromatic ring is 1. The topological polar surface area (TPSA) is 104 Å². The van der Waals surface area contributed by atoms with Crippen LogP contribution in [0.1, 0.15) is 26.2 Å². The molecule has 0 aromatic carbocycles. The molecule has 0 atom stereocenters. The smallest absolute Gasteiger partial charge is 0.330 e. The van der Waals surface area contributed by atoms with Crippen molar-refractivity contribution in [3.8, 4) is 0 Å². The maximum Gasteiger partial charge on any atom is 0.330 e. The molecule has 0 amide bonds. The number of aromatic amines is 1. The number of H-pyrrole nitrogens is 1. The quantitative estimate of drug-likeness (QED) is 0.705. The highest BCUT2D eigenvalue weighted by molar-refractivity contribution is 5.62. The van der Waals surface area contributed by atoms with E-state index in [-0.39, 0.29) is 18.3 Å². The van der Waals surface area contributed by atoms with Crippen molar-refractivity contribution in [2.45, 2.75) is 32.7 Å². The van der Waals surface area contributed by atoms with Crippen molar-refractivity contribution in [2.75, 3.05) is 30.3 Å². The zero-order chi connectivity index (χ0) is 14.7. The van der Waals surface area contributed by atoms with Crippen LogP contribution in [0.3, 0.4) is 0 Å². The molecule has 7 heteroatoms. The number of nitrogens with two attached hydrogens (primary N) is 1. The van der Waals surface area contributed by atoms with Crippen LogP contribution in [-0.2, 0) is 6.54 Å². The van der Waals surface area contributed by atoms with E-state index in [1.54, 1.807) is 0 Å². The summed E-state index contributed by atoms with van der Waals surface area (Å²) in [7, 11) is 0. The molecule has 0 unspecified atom stereocenters. The summed E-state index contributed by atoms with van der Waals surface area (Å²) in [5, 5.41) is 9.15. The highest BCUT2D eigenvalue weighted by atomic mass is 16.3. The summed E-state index contributed by atoms with van der Waals surface area (Å²) in [6, 6.07) is 0. The lowest BCUT2D eigenvalue weighted by atomic mass is 9.97.